The fourth-order valence-corrected chi connectivity index (χ4v) is 3.65. The number of anilines is 2. The number of amides is 1. The molecular formula is C18H29N5O. The fourth-order valence-electron chi connectivity index (χ4n) is 3.65. The molecule has 0 unspecified atom stereocenters. The highest BCUT2D eigenvalue weighted by atomic mass is 16.2. The van der Waals surface area contributed by atoms with Crippen molar-refractivity contribution in [2.45, 2.75) is 39.0 Å². The first-order valence-corrected chi connectivity index (χ1v) is 9.08. The van der Waals surface area contributed by atoms with Crippen molar-refractivity contribution in [3.63, 3.8) is 0 Å². The molecule has 24 heavy (non-hydrogen) atoms. The molecule has 2 aliphatic rings. The maximum Gasteiger partial charge on any atom is 0.227 e. The van der Waals surface area contributed by atoms with E-state index in [0.717, 1.165) is 50.1 Å². The summed E-state index contributed by atoms with van der Waals surface area (Å²) in [5.74, 6) is 2.66. The van der Waals surface area contributed by atoms with E-state index in [1.165, 1.54) is 25.7 Å². The zero-order valence-corrected chi connectivity index (χ0v) is 15.2. The predicted molar refractivity (Wildman–Crippen MR) is 96.5 cm³/mol. The fraction of sp³-hybridized carbons (Fsp3) is 0.722. The first kappa shape index (κ1) is 17.0. The molecule has 6 nitrogen and oxygen atoms in total. The van der Waals surface area contributed by atoms with E-state index in [0.29, 0.717) is 11.8 Å². The highest BCUT2D eigenvalue weighted by Gasteiger charge is 2.26. The van der Waals surface area contributed by atoms with Gasteiger partial charge < -0.3 is 14.7 Å². The van der Waals surface area contributed by atoms with Gasteiger partial charge in [-0.05, 0) is 25.7 Å². The molecule has 3 rings (SSSR count). The molecule has 1 aromatic rings. The van der Waals surface area contributed by atoms with E-state index >= 15 is 0 Å². The number of aryl methyl sites for hydroxylation is 1. The summed E-state index contributed by atoms with van der Waals surface area (Å²) in [5, 5.41) is 0. The van der Waals surface area contributed by atoms with E-state index in [2.05, 4.69) is 14.9 Å². The van der Waals surface area contributed by atoms with E-state index < -0.39 is 0 Å². The van der Waals surface area contributed by atoms with Gasteiger partial charge in [-0.15, -0.1) is 0 Å². The normalized spacial score (nSPS) is 19.0. The summed E-state index contributed by atoms with van der Waals surface area (Å²) in [6.45, 7) is 5.18. The summed E-state index contributed by atoms with van der Waals surface area (Å²) in [4.78, 5) is 27.9. The molecule has 1 aromatic heterocycles. The van der Waals surface area contributed by atoms with Crippen LogP contribution in [0.2, 0.25) is 0 Å². The monoisotopic (exact) mass is 331 g/mol. The van der Waals surface area contributed by atoms with Crippen LogP contribution in [0.3, 0.4) is 0 Å². The maximum absolute atomic E-state index is 12.5. The molecule has 1 saturated heterocycles. The third-order valence-electron chi connectivity index (χ3n) is 5.14. The van der Waals surface area contributed by atoms with Crippen molar-refractivity contribution in [1.29, 1.82) is 0 Å². The highest BCUT2D eigenvalue weighted by molar-refractivity contribution is 5.76. The van der Waals surface area contributed by atoms with Crippen LogP contribution in [0.4, 0.5) is 11.8 Å². The molecule has 2 heterocycles. The molecule has 2 fully saturated rings. The Morgan fingerprint density at radius 1 is 1.17 bits per heavy atom. The van der Waals surface area contributed by atoms with E-state index in [-0.39, 0.29) is 0 Å². The van der Waals surface area contributed by atoms with Gasteiger partial charge in [-0.2, -0.15) is 4.98 Å². The zero-order valence-electron chi connectivity index (χ0n) is 15.2. The molecule has 1 amide bonds. The molecule has 0 aromatic carbocycles. The quantitative estimate of drug-likeness (QED) is 0.845. The van der Waals surface area contributed by atoms with Crippen molar-refractivity contribution >= 4 is 17.7 Å². The Bertz CT molecular complexity index is 575. The smallest absolute Gasteiger partial charge is 0.227 e. The number of rotatable bonds is 4. The summed E-state index contributed by atoms with van der Waals surface area (Å²) in [5.41, 5.74) is 0.975. The first-order chi connectivity index (χ1) is 11.5. The second-order valence-electron chi connectivity index (χ2n) is 7.28. The first-order valence-electron chi connectivity index (χ1n) is 9.08. The molecule has 1 saturated carbocycles. The van der Waals surface area contributed by atoms with Crippen LogP contribution in [-0.2, 0) is 4.79 Å². The van der Waals surface area contributed by atoms with E-state index in [1.807, 2.05) is 36.9 Å². The lowest BCUT2D eigenvalue weighted by Crippen LogP contribution is -2.49. The Kier molecular flexibility index (Phi) is 5.21. The van der Waals surface area contributed by atoms with Gasteiger partial charge in [0, 0.05) is 58.5 Å². The summed E-state index contributed by atoms with van der Waals surface area (Å²) in [7, 11) is 3.98. The van der Waals surface area contributed by atoms with Crippen LogP contribution < -0.4 is 9.80 Å². The van der Waals surface area contributed by atoms with Crippen LogP contribution in [-0.4, -0.2) is 61.0 Å². The van der Waals surface area contributed by atoms with Crippen LogP contribution >= 0.6 is 0 Å². The van der Waals surface area contributed by atoms with Crippen molar-refractivity contribution in [1.82, 2.24) is 14.9 Å². The van der Waals surface area contributed by atoms with Gasteiger partial charge >= 0.3 is 0 Å². The number of hydrogen-bond donors (Lipinski definition) is 0. The van der Waals surface area contributed by atoms with E-state index in [4.69, 9.17) is 0 Å². The van der Waals surface area contributed by atoms with Crippen molar-refractivity contribution in [2.24, 2.45) is 5.92 Å². The number of nitrogens with zero attached hydrogens (tertiary/aromatic N) is 5. The van der Waals surface area contributed by atoms with Crippen LogP contribution in [0.1, 0.15) is 37.8 Å². The summed E-state index contributed by atoms with van der Waals surface area (Å²) in [6, 6.07) is 1.99. The average molecular weight is 331 g/mol. The average Bonchev–Trinajstić information content (AvgIpc) is 3.07. The minimum atomic E-state index is 0.334. The van der Waals surface area contributed by atoms with Crippen LogP contribution in [0.25, 0.3) is 0 Å². The predicted octanol–water partition coefficient (Wildman–Crippen LogP) is 2.08. The third kappa shape index (κ3) is 3.97. The molecule has 132 valence electrons. The minimum Gasteiger partial charge on any atom is -0.363 e. The second kappa shape index (κ2) is 7.36. The van der Waals surface area contributed by atoms with Crippen molar-refractivity contribution in [2.75, 3.05) is 50.1 Å². The molecule has 0 atom stereocenters. The van der Waals surface area contributed by atoms with Crippen LogP contribution in [0.15, 0.2) is 6.07 Å². The van der Waals surface area contributed by atoms with Gasteiger partial charge in [-0.25, -0.2) is 4.98 Å². The molecule has 0 radical (unpaired) electrons. The van der Waals surface area contributed by atoms with Gasteiger partial charge in [0.05, 0.1) is 0 Å². The second-order valence-corrected chi connectivity index (χ2v) is 7.28. The maximum atomic E-state index is 12.5. The summed E-state index contributed by atoms with van der Waals surface area (Å²) in [6.07, 6.45) is 5.80. The van der Waals surface area contributed by atoms with E-state index in [1.54, 1.807) is 0 Å². The summed E-state index contributed by atoms with van der Waals surface area (Å²) >= 11 is 0. The Balaban J connectivity index is 1.57. The SMILES string of the molecule is Cc1cc(N(C)C)nc(N2CCN(C(=O)CC3CCCC3)CC2)n1. The molecule has 0 spiro atoms. The standard InChI is InChI=1S/C18H29N5O/c1-14-12-16(21(2)3)20-18(19-14)23-10-8-22(9-11-23)17(24)13-15-6-4-5-7-15/h12,15H,4-11,13H2,1-3H3. The molecule has 6 heteroatoms. The van der Waals surface area contributed by atoms with Gasteiger partial charge in [0.1, 0.15) is 5.82 Å². The van der Waals surface area contributed by atoms with Gasteiger partial charge in [0.2, 0.25) is 11.9 Å². The molecule has 0 N–H and O–H groups in total. The van der Waals surface area contributed by atoms with Gasteiger partial charge in [-0.3, -0.25) is 4.79 Å². The Morgan fingerprint density at radius 3 is 2.46 bits per heavy atom. The topological polar surface area (TPSA) is 52.6 Å². The number of carbonyl (C=O) groups excluding carboxylic acids is 1. The largest absolute Gasteiger partial charge is 0.363 e. The molecule has 1 aliphatic heterocycles. The van der Waals surface area contributed by atoms with Gasteiger partial charge in [0.25, 0.3) is 0 Å². The molecule has 1 aliphatic carbocycles. The Hall–Kier alpha value is -1.85. The number of carbonyl (C=O) groups is 1. The highest BCUT2D eigenvalue weighted by Crippen LogP contribution is 2.28. The third-order valence-corrected chi connectivity index (χ3v) is 5.14. The molecular weight excluding hydrogens is 302 g/mol. The van der Waals surface area contributed by atoms with Gasteiger partial charge in [-0.1, -0.05) is 12.8 Å². The number of piperazine rings is 1. The summed E-state index contributed by atoms with van der Waals surface area (Å²) < 4.78 is 0. The van der Waals surface area contributed by atoms with E-state index in [9.17, 15) is 4.79 Å². The van der Waals surface area contributed by atoms with Crippen LogP contribution in [0, 0.1) is 12.8 Å². The van der Waals surface area contributed by atoms with Crippen LogP contribution in [0.5, 0.6) is 0 Å². The number of aromatic nitrogens is 2. The van der Waals surface area contributed by atoms with Crippen molar-refractivity contribution in [3.8, 4) is 0 Å². The minimum absolute atomic E-state index is 0.334. The lowest BCUT2D eigenvalue weighted by Gasteiger charge is -2.35. The van der Waals surface area contributed by atoms with Gasteiger partial charge in [0.15, 0.2) is 0 Å². The molecule has 0 bridgehead atoms. The van der Waals surface area contributed by atoms with Crippen molar-refractivity contribution < 1.29 is 4.79 Å². The zero-order chi connectivity index (χ0) is 17.1. The lowest BCUT2D eigenvalue weighted by molar-refractivity contribution is -0.132. The number of hydrogen-bond acceptors (Lipinski definition) is 5. The lowest BCUT2D eigenvalue weighted by atomic mass is 10.0. The Morgan fingerprint density at radius 2 is 1.83 bits per heavy atom. The van der Waals surface area contributed by atoms with Crippen molar-refractivity contribution in [3.05, 3.63) is 11.8 Å². The Labute approximate surface area is 144 Å².